The molecule has 0 unspecified atom stereocenters. The van der Waals surface area contributed by atoms with E-state index in [-0.39, 0.29) is 5.91 Å². The lowest BCUT2D eigenvalue weighted by molar-refractivity contribution is -0.114. The predicted molar refractivity (Wildman–Crippen MR) is 117 cm³/mol. The first-order chi connectivity index (χ1) is 13.9. The van der Waals surface area contributed by atoms with Crippen LogP contribution in [0, 0.1) is 20.8 Å². The number of fused-ring (bicyclic) bond motifs is 1. The normalized spacial score (nSPS) is 10.9. The summed E-state index contributed by atoms with van der Waals surface area (Å²) in [6.45, 7) is 7.60. The molecule has 29 heavy (non-hydrogen) atoms. The molecule has 6 heteroatoms. The molecule has 0 saturated heterocycles. The second kappa shape index (κ2) is 7.39. The van der Waals surface area contributed by atoms with Gasteiger partial charge in [-0.3, -0.25) is 4.79 Å². The maximum atomic E-state index is 11.2. The van der Waals surface area contributed by atoms with Crippen LogP contribution < -0.4 is 10.6 Å². The van der Waals surface area contributed by atoms with Gasteiger partial charge in [0.05, 0.1) is 5.69 Å². The molecular weight excluding hydrogens is 362 g/mol. The molecule has 1 amide bonds. The highest BCUT2D eigenvalue weighted by molar-refractivity contribution is 5.88. The topological polar surface area (TPSA) is 71.3 Å². The molecule has 0 aliphatic carbocycles. The van der Waals surface area contributed by atoms with Gasteiger partial charge in [-0.2, -0.15) is 9.61 Å². The second-order valence-electron chi connectivity index (χ2n) is 7.24. The average molecular weight is 385 g/mol. The number of benzene rings is 2. The van der Waals surface area contributed by atoms with E-state index in [1.807, 2.05) is 41.8 Å². The first-order valence-electron chi connectivity index (χ1n) is 9.49. The van der Waals surface area contributed by atoms with Crippen molar-refractivity contribution < 1.29 is 4.79 Å². The Hall–Kier alpha value is -3.67. The Morgan fingerprint density at radius 1 is 0.931 bits per heavy atom. The van der Waals surface area contributed by atoms with Gasteiger partial charge in [-0.05, 0) is 45.0 Å². The number of amides is 1. The maximum Gasteiger partial charge on any atom is 0.221 e. The van der Waals surface area contributed by atoms with Crippen LogP contribution >= 0.6 is 0 Å². The summed E-state index contributed by atoms with van der Waals surface area (Å²) in [5, 5.41) is 11.0. The van der Waals surface area contributed by atoms with Gasteiger partial charge < -0.3 is 10.6 Å². The molecule has 0 spiro atoms. The van der Waals surface area contributed by atoms with Crippen LogP contribution in [-0.4, -0.2) is 20.5 Å². The summed E-state index contributed by atoms with van der Waals surface area (Å²) in [6.07, 6.45) is 0. The number of carbonyl (C=O) groups is 1. The van der Waals surface area contributed by atoms with Crippen molar-refractivity contribution in [2.75, 3.05) is 10.6 Å². The molecule has 0 saturated carbocycles. The average Bonchev–Trinajstić information content (AvgIpc) is 3.00. The first kappa shape index (κ1) is 18.7. The van der Waals surface area contributed by atoms with Crippen LogP contribution in [0.1, 0.15) is 23.7 Å². The van der Waals surface area contributed by atoms with Crippen LogP contribution in [0.2, 0.25) is 0 Å². The Kier molecular flexibility index (Phi) is 4.76. The summed E-state index contributed by atoms with van der Waals surface area (Å²) in [7, 11) is 0. The van der Waals surface area contributed by atoms with Gasteiger partial charge in [0, 0.05) is 41.2 Å². The molecule has 0 radical (unpaired) electrons. The highest BCUT2D eigenvalue weighted by atomic mass is 16.1. The first-order valence-corrected chi connectivity index (χ1v) is 9.49. The van der Waals surface area contributed by atoms with E-state index in [0.717, 1.165) is 45.4 Å². The molecule has 2 aromatic carbocycles. The number of carbonyl (C=O) groups excluding carboxylic acids is 1. The smallest absolute Gasteiger partial charge is 0.221 e. The van der Waals surface area contributed by atoms with Gasteiger partial charge in [0.15, 0.2) is 5.65 Å². The molecule has 2 N–H and O–H groups in total. The third-order valence-electron chi connectivity index (χ3n) is 4.75. The summed E-state index contributed by atoms with van der Waals surface area (Å²) >= 11 is 0. The maximum absolute atomic E-state index is 11.2. The largest absolute Gasteiger partial charge is 0.340 e. The number of nitrogens with one attached hydrogen (secondary N) is 2. The van der Waals surface area contributed by atoms with Crippen LogP contribution in [-0.2, 0) is 4.79 Å². The number of nitrogens with zero attached hydrogens (tertiary/aromatic N) is 3. The van der Waals surface area contributed by atoms with Crippen LogP contribution in [0.15, 0.2) is 54.6 Å². The van der Waals surface area contributed by atoms with Gasteiger partial charge >= 0.3 is 0 Å². The van der Waals surface area contributed by atoms with Crippen LogP contribution in [0.25, 0.3) is 16.9 Å². The van der Waals surface area contributed by atoms with E-state index in [1.54, 1.807) is 0 Å². The van der Waals surface area contributed by atoms with Crippen LogP contribution in [0.3, 0.4) is 0 Å². The Labute approximate surface area is 169 Å². The minimum atomic E-state index is -0.0900. The number of aromatic nitrogens is 3. The Bertz CT molecular complexity index is 1190. The van der Waals surface area contributed by atoms with Gasteiger partial charge in [-0.25, -0.2) is 4.98 Å². The zero-order chi connectivity index (χ0) is 20.5. The summed E-state index contributed by atoms with van der Waals surface area (Å²) in [5.74, 6) is 0.745. The summed E-state index contributed by atoms with van der Waals surface area (Å²) in [5.41, 5.74) is 7.66. The number of hydrogen-bond donors (Lipinski definition) is 2. The highest BCUT2D eigenvalue weighted by Crippen LogP contribution is 2.28. The van der Waals surface area contributed by atoms with Crippen molar-refractivity contribution in [1.29, 1.82) is 0 Å². The number of rotatable bonds is 4. The van der Waals surface area contributed by atoms with E-state index in [4.69, 9.17) is 10.1 Å². The number of aryl methyl sites for hydroxylation is 3. The van der Waals surface area contributed by atoms with Crippen molar-refractivity contribution in [1.82, 2.24) is 14.6 Å². The zero-order valence-electron chi connectivity index (χ0n) is 16.9. The van der Waals surface area contributed by atoms with Gasteiger partial charge in [0.25, 0.3) is 0 Å². The minimum absolute atomic E-state index is 0.0900. The monoisotopic (exact) mass is 385 g/mol. The predicted octanol–water partition coefficient (Wildman–Crippen LogP) is 5.02. The van der Waals surface area contributed by atoms with Crippen molar-refractivity contribution in [3.8, 4) is 11.3 Å². The van der Waals surface area contributed by atoms with Crippen molar-refractivity contribution in [3.05, 3.63) is 71.4 Å². The number of hydrogen-bond acceptors (Lipinski definition) is 4. The fourth-order valence-electron chi connectivity index (χ4n) is 3.31. The Balaban J connectivity index is 1.73. The number of anilines is 3. The molecule has 4 rings (SSSR count). The van der Waals surface area contributed by atoms with Crippen LogP contribution in [0.5, 0.6) is 0 Å². The molecule has 2 heterocycles. The van der Waals surface area contributed by atoms with Gasteiger partial charge in [-0.15, -0.1) is 0 Å². The van der Waals surface area contributed by atoms with Crippen molar-refractivity contribution in [2.45, 2.75) is 27.7 Å². The molecule has 6 nitrogen and oxygen atoms in total. The molecule has 0 bridgehead atoms. The molecule has 0 aliphatic heterocycles. The highest BCUT2D eigenvalue weighted by Gasteiger charge is 2.15. The summed E-state index contributed by atoms with van der Waals surface area (Å²) < 4.78 is 1.85. The third kappa shape index (κ3) is 3.82. The van der Waals surface area contributed by atoms with Gasteiger partial charge in [0.2, 0.25) is 5.91 Å². The van der Waals surface area contributed by atoms with E-state index >= 15 is 0 Å². The van der Waals surface area contributed by atoms with E-state index in [1.165, 1.54) is 12.5 Å². The molecule has 0 atom stereocenters. The van der Waals surface area contributed by atoms with Crippen molar-refractivity contribution in [2.24, 2.45) is 0 Å². The van der Waals surface area contributed by atoms with E-state index in [2.05, 4.69) is 48.7 Å². The Morgan fingerprint density at radius 2 is 1.59 bits per heavy atom. The van der Waals surface area contributed by atoms with Crippen molar-refractivity contribution in [3.63, 3.8) is 0 Å². The molecular formula is C23H23N5O. The minimum Gasteiger partial charge on any atom is -0.340 e. The van der Waals surface area contributed by atoms with E-state index in [0.29, 0.717) is 0 Å². The lowest BCUT2D eigenvalue weighted by Gasteiger charge is -2.10. The standard InChI is InChI=1S/C23H23N5O/c1-14-5-7-18(8-6-14)22-16(3)23-24-15(2)13-21(28(23)27-22)26-20-11-9-19(10-12-20)25-17(4)29/h5-13,26H,1-4H3,(H,25,29). The molecule has 0 aliphatic rings. The second-order valence-corrected chi connectivity index (χ2v) is 7.24. The lowest BCUT2D eigenvalue weighted by Crippen LogP contribution is -2.06. The van der Waals surface area contributed by atoms with E-state index in [9.17, 15) is 4.79 Å². The van der Waals surface area contributed by atoms with E-state index < -0.39 is 0 Å². The third-order valence-corrected chi connectivity index (χ3v) is 4.75. The SMILES string of the molecule is CC(=O)Nc1ccc(Nc2cc(C)nc3c(C)c(-c4ccc(C)cc4)nn23)cc1. The van der Waals surface area contributed by atoms with Crippen molar-refractivity contribution >= 4 is 28.7 Å². The fourth-order valence-corrected chi connectivity index (χ4v) is 3.31. The summed E-state index contributed by atoms with van der Waals surface area (Å²) in [6, 6.07) is 17.9. The quantitative estimate of drug-likeness (QED) is 0.517. The zero-order valence-corrected chi connectivity index (χ0v) is 16.9. The Morgan fingerprint density at radius 3 is 2.24 bits per heavy atom. The molecule has 0 fully saturated rings. The lowest BCUT2D eigenvalue weighted by atomic mass is 10.1. The summed E-state index contributed by atoms with van der Waals surface area (Å²) in [4.78, 5) is 15.9. The van der Waals surface area contributed by atoms with Crippen LogP contribution in [0.4, 0.5) is 17.2 Å². The molecule has 2 aromatic heterocycles. The molecule has 146 valence electrons. The fraction of sp³-hybridized carbons (Fsp3) is 0.174. The van der Waals surface area contributed by atoms with Gasteiger partial charge in [-0.1, -0.05) is 29.8 Å². The molecule has 4 aromatic rings. The van der Waals surface area contributed by atoms with Gasteiger partial charge in [0.1, 0.15) is 5.82 Å².